The van der Waals surface area contributed by atoms with E-state index in [1.807, 2.05) is 26.0 Å². The minimum Gasteiger partial charge on any atom is -0.388 e. The topological polar surface area (TPSA) is 33.1 Å². The van der Waals surface area contributed by atoms with Gasteiger partial charge < -0.3 is 12.0 Å². The molecule has 1 N–H and O–H groups in total. The van der Waals surface area contributed by atoms with Gasteiger partial charge in [0.1, 0.15) is 13.8 Å². The van der Waals surface area contributed by atoms with E-state index in [0.29, 0.717) is 0 Å². The van der Waals surface area contributed by atoms with Gasteiger partial charge in [-0.05, 0) is 17.5 Å². The van der Waals surface area contributed by atoms with E-state index in [1.165, 1.54) is 0 Å². The van der Waals surface area contributed by atoms with Gasteiger partial charge in [-0.2, -0.15) is 6.92 Å². The van der Waals surface area contributed by atoms with Crippen molar-refractivity contribution in [3.05, 3.63) is 36.5 Å². The number of aromatic nitrogens is 1. The molecule has 20 heavy (non-hydrogen) atoms. The molecular formula is C16H26NOSiZn-. The van der Waals surface area contributed by atoms with Gasteiger partial charge in [0.25, 0.3) is 0 Å². The van der Waals surface area contributed by atoms with Crippen LogP contribution in [-0.4, -0.2) is 18.2 Å². The number of nitrogens with zero attached hydrogens (tertiary/aromatic N) is 1. The third-order valence-electron chi connectivity index (χ3n) is 2.32. The minimum atomic E-state index is -1.34. The summed E-state index contributed by atoms with van der Waals surface area (Å²) in [6, 6.07) is 3.79. The van der Waals surface area contributed by atoms with Gasteiger partial charge in [0.15, 0.2) is 0 Å². The van der Waals surface area contributed by atoms with Gasteiger partial charge >= 0.3 is 0 Å². The molecule has 0 saturated carbocycles. The number of pyridine rings is 1. The fourth-order valence-corrected chi connectivity index (χ4v) is 1.79. The largest absolute Gasteiger partial charge is 0.388 e. The number of rotatable bonds is 2. The van der Waals surface area contributed by atoms with E-state index in [0.717, 1.165) is 11.3 Å². The van der Waals surface area contributed by atoms with E-state index >= 15 is 0 Å². The van der Waals surface area contributed by atoms with Crippen molar-refractivity contribution in [2.75, 3.05) is 0 Å². The van der Waals surface area contributed by atoms with Crippen LogP contribution in [0.3, 0.4) is 0 Å². The van der Waals surface area contributed by atoms with Gasteiger partial charge in [-0.3, -0.25) is 0 Å². The molecule has 0 radical (unpaired) electrons. The van der Waals surface area contributed by atoms with Crippen LogP contribution < -0.4 is 0 Å². The van der Waals surface area contributed by atoms with Crippen LogP contribution in [0.1, 0.15) is 38.1 Å². The molecule has 1 aromatic heterocycles. The SMILES string of the molecule is CC(C)[C@H](O)c1ccc(C#C[Si](C)(C)C)nc1.[CH2-]C.[Zn]. The first-order chi connectivity index (χ1) is 8.79. The van der Waals surface area contributed by atoms with Crippen LogP contribution in [-0.2, 0) is 19.5 Å². The monoisotopic (exact) mass is 340 g/mol. The Hall–Kier alpha value is -0.490. The Morgan fingerprint density at radius 1 is 1.20 bits per heavy atom. The molecule has 1 heterocycles. The van der Waals surface area contributed by atoms with E-state index in [2.05, 4.69) is 43.0 Å². The smallest absolute Gasteiger partial charge is 0.129 e. The number of aliphatic hydroxyl groups is 1. The van der Waals surface area contributed by atoms with E-state index in [1.54, 1.807) is 13.1 Å². The summed E-state index contributed by atoms with van der Waals surface area (Å²) in [7, 11) is -1.34. The second-order valence-corrected chi connectivity index (χ2v) is 10.4. The van der Waals surface area contributed by atoms with Crippen LogP contribution >= 0.6 is 0 Å². The maximum Gasteiger partial charge on any atom is 0.129 e. The Kier molecular flexibility index (Phi) is 11.2. The Morgan fingerprint density at radius 3 is 2.10 bits per heavy atom. The fourth-order valence-electron chi connectivity index (χ4n) is 1.29. The fraction of sp³-hybridized carbons (Fsp3) is 0.500. The standard InChI is InChI=1S/C14H21NOSi.C2H5.Zn/c1-11(2)14(16)12-6-7-13(15-10-12)8-9-17(3,4)5;1-2;/h6-7,10-11,14,16H,1-5H3;1H2,2H3;/q;-1;/t14-;;/m0../s1. The Balaban J connectivity index is 0. The van der Waals surface area contributed by atoms with Crippen LogP contribution in [0.5, 0.6) is 0 Å². The first-order valence-corrected chi connectivity index (χ1v) is 10.2. The number of hydrogen-bond acceptors (Lipinski definition) is 2. The summed E-state index contributed by atoms with van der Waals surface area (Å²) in [6.45, 7) is 15.6. The van der Waals surface area contributed by atoms with E-state index in [-0.39, 0.29) is 25.4 Å². The summed E-state index contributed by atoms with van der Waals surface area (Å²) < 4.78 is 0. The molecule has 0 spiro atoms. The third kappa shape index (κ3) is 8.64. The average molecular weight is 342 g/mol. The molecule has 0 aliphatic rings. The molecule has 0 aliphatic carbocycles. The van der Waals surface area contributed by atoms with Gasteiger partial charge in [-0.1, -0.05) is 45.5 Å². The van der Waals surface area contributed by atoms with Crippen LogP contribution in [0, 0.1) is 24.3 Å². The van der Waals surface area contributed by atoms with Crippen LogP contribution in [0.4, 0.5) is 0 Å². The maximum absolute atomic E-state index is 9.88. The summed E-state index contributed by atoms with van der Waals surface area (Å²) in [6.07, 6.45) is 1.28. The van der Waals surface area contributed by atoms with Gasteiger partial charge in [0, 0.05) is 25.7 Å². The van der Waals surface area contributed by atoms with Crippen LogP contribution in [0.15, 0.2) is 18.3 Å². The van der Waals surface area contributed by atoms with Crippen molar-refractivity contribution < 1.29 is 24.6 Å². The molecule has 0 unspecified atom stereocenters. The first kappa shape index (κ1) is 21.8. The van der Waals surface area contributed by atoms with Crippen LogP contribution in [0.2, 0.25) is 19.6 Å². The molecule has 4 heteroatoms. The van der Waals surface area contributed by atoms with E-state index < -0.39 is 14.2 Å². The first-order valence-electron chi connectivity index (χ1n) is 6.67. The van der Waals surface area contributed by atoms with Gasteiger partial charge in [0.05, 0.1) is 6.10 Å². The average Bonchev–Trinajstić information content (AvgIpc) is 2.37. The molecule has 1 aromatic rings. The normalized spacial score (nSPS) is 11.4. The zero-order chi connectivity index (χ0) is 15.1. The molecule has 0 saturated heterocycles. The quantitative estimate of drug-likeness (QED) is 0.503. The van der Waals surface area contributed by atoms with Crippen LogP contribution in [0.25, 0.3) is 0 Å². The zero-order valence-corrected chi connectivity index (χ0v) is 17.7. The second kappa shape index (κ2) is 10.3. The second-order valence-electron chi connectivity index (χ2n) is 5.67. The molecule has 0 fully saturated rings. The number of hydrogen-bond donors (Lipinski definition) is 1. The molecule has 1 atom stereocenters. The predicted molar refractivity (Wildman–Crippen MR) is 85.3 cm³/mol. The third-order valence-corrected chi connectivity index (χ3v) is 3.20. The summed E-state index contributed by atoms with van der Waals surface area (Å²) in [4.78, 5) is 4.27. The Morgan fingerprint density at radius 2 is 1.75 bits per heavy atom. The summed E-state index contributed by atoms with van der Waals surface area (Å²) in [5, 5.41) is 9.88. The molecular weight excluding hydrogens is 316 g/mol. The summed E-state index contributed by atoms with van der Waals surface area (Å²) in [5.74, 6) is 3.30. The van der Waals surface area contributed by atoms with Gasteiger partial charge in [0.2, 0.25) is 0 Å². The Labute approximate surface area is 138 Å². The van der Waals surface area contributed by atoms with Crippen molar-refractivity contribution in [1.82, 2.24) is 4.98 Å². The summed E-state index contributed by atoms with van der Waals surface area (Å²) >= 11 is 0. The van der Waals surface area contributed by atoms with Gasteiger partial charge in [-0.15, -0.1) is 5.54 Å². The predicted octanol–water partition coefficient (Wildman–Crippen LogP) is 3.84. The van der Waals surface area contributed by atoms with Crippen molar-refractivity contribution in [2.45, 2.75) is 46.5 Å². The molecule has 0 amide bonds. The van der Waals surface area contributed by atoms with Crippen molar-refractivity contribution in [3.63, 3.8) is 0 Å². The molecule has 0 aliphatic heterocycles. The molecule has 0 bridgehead atoms. The maximum atomic E-state index is 9.88. The van der Waals surface area contributed by atoms with Crippen molar-refractivity contribution >= 4 is 8.07 Å². The number of aliphatic hydroxyl groups excluding tert-OH is 1. The Bertz CT molecular complexity index is 427. The molecule has 2 nitrogen and oxygen atoms in total. The van der Waals surface area contributed by atoms with Gasteiger partial charge in [-0.25, -0.2) is 4.98 Å². The molecule has 0 aromatic carbocycles. The van der Waals surface area contributed by atoms with Crippen molar-refractivity contribution in [3.8, 4) is 11.5 Å². The van der Waals surface area contributed by atoms with Crippen molar-refractivity contribution in [1.29, 1.82) is 0 Å². The summed E-state index contributed by atoms with van der Waals surface area (Å²) in [5.41, 5.74) is 4.92. The molecule has 1 rings (SSSR count). The van der Waals surface area contributed by atoms with E-state index in [4.69, 9.17) is 0 Å². The molecule has 108 valence electrons. The minimum absolute atomic E-state index is 0. The van der Waals surface area contributed by atoms with E-state index in [9.17, 15) is 5.11 Å². The zero-order valence-electron chi connectivity index (χ0n) is 13.7. The van der Waals surface area contributed by atoms with Crippen molar-refractivity contribution in [2.24, 2.45) is 5.92 Å².